The van der Waals surface area contributed by atoms with Crippen LogP contribution in [0.5, 0.6) is 0 Å². The van der Waals surface area contributed by atoms with Gasteiger partial charge in [-0.05, 0) is 6.42 Å². The summed E-state index contributed by atoms with van der Waals surface area (Å²) in [5.74, 6) is -0.0835. The van der Waals surface area contributed by atoms with Crippen LogP contribution >= 0.6 is 0 Å². The lowest BCUT2D eigenvalue weighted by Gasteiger charge is -2.29. The first-order valence-electron chi connectivity index (χ1n) is 5.39. The van der Waals surface area contributed by atoms with Crippen molar-refractivity contribution in [1.29, 1.82) is 0 Å². The number of methoxy groups -OCH3 is 1. The van der Waals surface area contributed by atoms with Crippen molar-refractivity contribution in [3.05, 3.63) is 11.8 Å². The zero-order valence-electron chi connectivity index (χ0n) is 9.55. The van der Waals surface area contributed by atoms with E-state index >= 15 is 0 Å². The predicted molar refractivity (Wildman–Crippen MR) is 56.5 cm³/mol. The third-order valence-corrected chi connectivity index (χ3v) is 2.57. The Balaban J connectivity index is 2.61. The Bertz CT molecular complexity index is 274. The Morgan fingerprint density at radius 3 is 2.88 bits per heavy atom. The minimum absolute atomic E-state index is 0.296. The number of carbonyl (C=O) groups excluding carboxylic acids is 1. The molecule has 2 N–H and O–H groups in total. The lowest BCUT2D eigenvalue weighted by Crippen LogP contribution is -2.41. The summed E-state index contributed by atoms with van der Waals surface area (Å²) < 4.78 is 9.89. The van der Waals surface area contributed by atoms with Gasteiger partial charge in [-0.2, -0.15) is 0 Å². The lowest BCUT2D eigenvalue weighted by molar-refractivity contribution is -0.157. The van der Waals surface area contributed by atoms with E-state index in [9.17, 15) is 15.0 Å². The number of rotatable bonds is 5. The molecule has 0 aromatic heterocycles. The Hall–Kier alpha value is -1.07. The molecule has 0 spiro atoms. The van der Waals surface area contributed by atoms with Gasteiger partial charge < -0.3 is 19.7 Å². The summed E-state index contributed by atoms with van der Waals surface area (Å²) in [6.07, 6.45) is 0.1000. The van der Waals surface area contributed by atoms with E-state index in [0.29, 0.717) is 18.6 Å². The summed E-state index contributed by atoms with van der Waals surface area (Å²) in [6, 6.07) is 0. The van der Waals surface area contributed by atoms with Crippen LogP contribution in [0.4, 0.5) is 0 Å². The van der Waals surface area contributed by atoms with E-state index < -0.39 is 24.3 Å². The number of esters is 1. The van der Waals surface area contributed by atoms with Crippen molar-refractivity contribution >= 4 is 5.97 Å². The van der Waals surface area contributed by atoms with Crippen molar-refractivity contribution in [1.82, 2.24) is 0 Å². The summed E-state index contributed by atoms with van der Waals surface area (Å²) in [7, 11) is 1.45. The maximum Gasteiger partial charge on any atom is 0.334 e. The Labute approximate surface area is 94.7 Å². The third-order valence-electron chi connectivity index (χ3n) is 2.57. The van der Waals surface area contributed by atoms with Gasteiger partial charge in [0, 0.05) is 6.42 Å². The summed E-state index contributed by atoms with van der Waals surface area (Å²) in [4.78, 5) is 11.2. The van der Waals surface area contributed by atoms with E-state index in [1.165, 1.54) is 13.2 Å². The molecule has 5 nitrogen and oxygen atoms in total. The minimum Gasteiger partial charge on any atom is -0.501 e. The van der Waals surface area contributed by atoms with Gasteiger partial charge in [-0.25, -0.2) is 4.79 Å². The fourth-order valence-electron chi connectivity index (χ4n) is 1.66. The fourth-order valence-corrected chi connectivity index (χ4v) is 1.66. The maximum atomic E-state index is 11.2. The summed E-state index contributed by atoms with van der Waals surface area (Å²) in [6.45, 7) is 1.91. The van der Waals surface area contributed by atoms with E-state index in [2.05, 4.69) is 0 Å². The highest BCUT2D eigenvalue weighted by Gasteiger charge is 2.32. The predicted octanol–water partition coefficient (Wildman–Crippen LogP) is 0.354. The normalized spacial score (nSPS) is 24.4. The highest BCUT2D eigenvalue weighted by Crippen LogP contribution is 2.21. The largest absolute Gasteiger partial charge is 0.501 e. The van der Waals surface area contributed by atoms with E-state index in [1.54, 1.807) is 0 Å². The van der Waals surface area contributed by atoms with Gasteiger partial charge in [0.05, 0.1) is 19.3 Å². The number of cyclic esters (lactones) is 1. The molecule has 0 saturated heterocycles. The molecule has 0 aromatic carbocycles. The van der Waals surface area contributed by atoms with Crippen LogP contribution in [-0.4, -0.2) is 41.6 Å². The van der Waals surface area contributed by atoms with Crippen molar-refractivity contribution in [2.75, 3.05) is 7.11 Å². The molecule has 1 heterocycles. The van der Waals surface area contributed by atoms with Crippen LogP contribution in [0.3, 0.4) is 0 Å². The Kier molecular flexibility index (Phi) is 4.76. The molecule has 0 radical (unpaired) electrons. The molecule has 0 bridgehead atoms. The molecule has 0 saturated carbocycles. The summed E-state index contributed by atoms with van der Waals surface area (Å²) >= 11 is 0. The Morgan fingerprint density at radius 1 is 1.62 bits per heavy atom. The molecule has 92 valence electrons. The number of hydrogen-bond acceptors (Lipinski definition) is 5. The van der Waals surface area contributed by atoms with Crippen LogP contribution in [0.1, 0.15) is 26.2 Å². The van der Waals surface area contributed by atoms with Crippen LogP contribution in [0.25, 0.3) is 0 Å². The molecule has 1 aliphatic heterocycles. The molecular weight excluding hydrogens is 212 g/mol. The van der Waals surface area contributed by atoms with Crippen LogP contribution in [0.2, 0.25) is 0 Å². The fraction of sp³-hybridized carbons (Fsp3) is 0.727. The number of aliphatic hydroxyl groups is 2. The summed E-state index contributed by atoms with van der Waals surface area (Å²) in [5, 5.41) is 19.4. The first kappa shape index (κ1) is 13.0. The van der Waals surface area contributed by atoms with Gasteiger partial charge in [-0.15, -0.1) is 0 Å². The van der Waals surface area contributed by atoms with E-state index in [-0.39, 0.29) is 0 Å². The maximum absolute atomic E-state index is 11.2. The van der Waals surface area contributed by atoms with E-state index in [0.717, 1.165) is 6.42 Å². The van der Waals surface area contributed by atoms with Crippen LogP contribution < -0.4 is 0 Å². The quantitative estimate of drug-likeness (QED) is 0.667. The van der Waals surface area contributed by atoms with Crippen molar-refractivity contribution in [3.8, 4) is 0 Å². The van der Waals surface area contributed by atoms with Crippen molar-refractivity contribution < 1.29 is 24.5 Å². The number of ether oxygens (including phenoxy) is 2. The SMILES string of the molecule is CCCC(O)[C@H](O)[C@@H]1CC(OC)=CC(=O)O1. The second-order valence-electron chi connectivity index (χ2n) is 3.84. The van der Waals surface area contributed by atoms with Gasteiger partial charge in [0.25, 0.3) is 0 Å². The number of aliphatic hydroxyl groups excluding tert-OH is 2. The van der Waals surface area contributed by atoms with Gasteiger partial charge in [-0.1, -0.05) is 13.3 Å². The molecule has 1 rings (SSSR count). The van der Waals surface area contributed by atoms with Crippen molar-refractivity contribution in [2.45, 2.75) is 44.5 Å². The highest BCUT2D eigenvalue weighted by molar-refractivity contribution is 5.83. The molecule has 5 heteroatoms. The second kappa shape index (κ2) is 5.86. The van der Waals surface area contributed by atoms with Gasteiger partial charge in [0.1, 0.15) is 18.0 Å². The van der Waals surface area contributed by atoms with Gasteiger partial charge in [-0.3, -0.25) is 0 Å². The van der Waals surface area contributed by atoms with Crippen molar-refractivity contribution in [2.24, 2.45) is 0 Å². The minimum atomic E-state index is -1.07. The monoisotopic (exact) mass is 230 g/mol. The second-order valence-corrected chi connectivity index (χ2v) is 3.84. The smallest absolute Gasteiger partial charge is 0.334 e. The van der Waals surface area contributed by atoms with E-state index in [4.69, 9.17) is 9.47 Å². The standard InChI is InChI=1S/C11H18O5/c1-3-4-8(12)11(14)9-5-7(15-2)6-10(13)16-9/h6,8-9,11-12,14H,3-5H2,1-2H3/t8?,9-,11-/m0/s1. The van der Waals surface area contributed by atoms with E-state index in [1.807, 2.05) is 6.92 Å². The average molecular weight is 230 g/mol. The van der Waals surface area contributed by atoms with Crippen LogP contribution in [-0.2, 0) is 14.3 Å². The zero-order chi connectivity index (χ0) is 12.1. The topological polar surface area (TPSA) is 76.0 Å². The molecule has 16 heavy (non-hydrogen) atoms. The number of carbonyl (C=O) groups is 1. The summed E-state index contributed by atoms with van der Waals surface area (Å²) in [5.41, 5.74) is 0. The third kappa shape index (κ3) is 3.21. The lowest BCUT2D eigenvalue weighted by atomic mass is 9.99. The van der Waals surface area contributed by atoms with Crippen molar-refractivity contribution in [3.63, 3.8) is 0 Å². The van der Waals surface area contributed by atoms with Gasteiger partial charge >= 0.3 is 5.97 Å². The van der Waals surface area contributed by atoms with Crippen LogP contribution in [0, 0.1) is 0 Å². The first-order valence-corrected chi connectivity index (χ1v) is 5.39. The molecule has 0 amide bonds. The Morgan fingerprint density at radius 2 is 2.31 bits per heavy atom. The molecular formula is C11H18O5. The van der Waals surface area contributed by atoms with Gasteiger partial charge in [0.15, 0.2) is 0 Å². The first-order chi connectivity index (χ1) is 7.58. The molecule has 1 unspecified atom stereocenters. The highest BCUT2D eigenvalue weighted by atomic mass is 16.6. The van der Waals surface area contributed by atoms with Gasteiger partial charge in [0.2, 0.25) is 0 Å². The molecule has 0 aliphatic carbocycles. The number of hydrogen-bond donors (Lipinski definition) is 2. The van der Waals surface area contributed by atoms with Crippen LogP contribution in [0.15, 0.2) is 11.8 Å². The zero-order valence-corrected chi connectivity index (χ0v) is 9.55. The average Bonchev–Trinajstić information content (AvgIpc) is 2.27. The molecule has 0 aromatic rings. The molecule has 0 fully saturated rings. The molecule has 1 aliphatic rings. The molecule has 3 atom stereocenters.